The number of allylic oxidation sites excluding steroid dienone is 2. The third kappa shape index (κ3) is 2.10. The largest absolute Gasteiger partial charge is 0.495 e. The molecule has 2 aliphatic rings. The first-order valence-electron chi connectivity index (χ1n) is 7.63. The van der Waals surface area contributed by atoms with E-state index in [-0.39, 0.29) is 6.04 Å². The lowest BCUT2D eigenvalue weighted by Crippen LogP contribution is -2.29. The summed E-state index contributed by atoms with van der Waals surface area (Å²) in [6.45, 7) is 0. The molecule has 112 valence electrons. The van der Waals surface area contributed by atoms with Gasteiger partial charge in [0.15, 0.2) is 0 Å². The maximum Gasteiger partial charge on any atom is 0.142 e. The second-order valence-corrected chi connectivity index (χ2v) is 6.39. The maximum absolute atomic E-state index is 6.04. The van der Waals surface area contributed by atoms with Gasteiger partial charge in [-0.25, -0.2) is 0 Å². The van der Waals surface area contributed by atoms with E-state index in [1.54, 1.807) is 7.11 Å². The molecule has 0 saturated heterocycles. The number of fused-ring (bicyclic) bond motifs is 3. The Bertz CT molecular complexity index is 723. The Hall–Kier alpha value is -1.93. The molecular weight excluding hydrogens is 294 g/mol. The lowest BCUT2D eigenvalue weighted by atomic mass is 9.77. The maximum atomic E-state index is 6.04. The predicted octanol–water partition coefficient (Wildman–Crippen LogP) is 5.18. The fraction of sp³-hybridized carbons (Fsp3) is 0.263. The average Bonchev–Trinajstić information content (AvgIpc) is 3.04. The van der Waals surface area contributed by atoms with Crippen molar-refractivity contribution in [2.24, 2.45) is 5.92 Å². The molecule has 4 rings (SSSR count). The number of benzene rings is 2. The van der Waals surface area contributed by atoms with Crippen LogP contribution >= 0.6 is 11.6 Å². The normalized spacial score (nSPS) is 25.3. The number of rotatable bonds is 2. The minimum atomic E-state index is 0.279. The number of ether oxygens (including phenoxy) is 1. The van der Waals surface area contributed by atoms with Crippen molar-refractivity contribution < 1.29 is 4.74 Å². The Labute approximate surface area is 135 Å². The number of hydrogen-bond acceptors (Lipinski definition) is 2. The Morgan fingerprint density at radius 1 is 1.14 bits per heavy atom. The Morgan fingerprint density at radius 2 is 1.95 bits per heavy atom. The van der Waals surface area contributed by atoms with Gasteiger partial charge in [-0.2, -0.15) is 0 Å². The number of methoxy groups -OCH3 is 1. The van der Waals surface area contributed by atoms with E-state index >= 15 is 0 Å². The van der Waals surface area contributed by atoms with E-state index in [1.165, 1.54) is 11.1 Å². The van der Waals surface area contributed by atoms with Crippen LogP contribution in [0.5, 0.6) is 5.75 Å². The molecule has 2 aromatic carbocycles. The zero-order valence-corrected chi connectivity index (χ0v) is 13.2. The minimum Gasteiger partial charge on any atom is -0.495 e. The summed E-state index contributed by atoms with van der Waals surface area (Å²) >= 11 is 6.04. The lowest BCUT2D eigenvalue weighted by molar-refractivity contribution is 0.397. The number of halogens is 1. The summed E-state index contributed by atoms with van der Waals surface area (Å²) in [5.74, 6) is 1.91. The quantitative estimate of drug-likeness (QED) is 0.772. The van der Waals surface area contributed by atoms with Gasteiger partial charge in [-0.15, -0.1) is 0 Å². The highest BCUT2D eigenvalue weighted by atomic mass is 35.5. The van der Waals surface area contributed by atoms with Crippen molar-refractivity contribution in [2.75, 3.05) is 12.4 Å². The van der Waals surface area contributed by atoms with E-state index in [4.69, 9.17) is 16.3 Å². The van der Waals surface area contributed by atoms with E-state index in [0.717, 1.165) is 22.9 Å². The first-order valence-corrected chi connectivity index (χ1v) is 8.01. The highest BCUT2D eigenvalue weighted by molar-refractivity contribution is 6.30. The zero-order valence-electron chi connectivity index (χ0n) is 12.4. The average molecular weight is 312 g/mol. The molecule has 1 heterocycles. The molecule has 3 atom stereocenters. The predicted molar refractivity (Wildman–Crippen MR) is 90.8 cm³/mol. The summed E-state index contributed by atoms with van der Waals surface area (Å²) in [6.07, 6.45) is 5.74. The van der Waals surface area contributed by atoms with Crippen LogP contribution in [0.4, 0.5) is 5.69 Å². The second-order valence-electron chi connectivity index (χ2n) is 5.95. The highest BCUT2D eigenvalue weighted by Gasteiger charge is 2.38. The van der Waals surface area contributed by atoms with Gasteiger partial charge < -0.3 is 10.1 Å². The van der Waals surface area contributed by atoms with Gasteiger partial charge in [0, 0.05) is 10.9 Å². The van der Waals surface area contributed by atoms with Crippen molar-refractivity contribution in [2.45, 2.75) is 18.4 Å². The third-order valence-corrected chi connectivity index (χ3v) is 5.06. The smallest absolute Gasteiger partial charge is 0.142 e. The van der Waals surface area contributed by atoms with Crippen LogP contribution in [-0.2, 0) is 0 Å². The molecule has 0 amide bonds. The Balaban J connectivity index is 1.81. The van der Waals surface area contributed by atoms with Gasteiger partial charge in [-0.3, -0.25) is 0 Å². The van der Waals surface area contributed by atoms with Gasteiger partial charge in [0.05, 0.1) is 18.8 Å². The standard InChI is InChI=1S/C19H18ClNO/c1-22-17-7-3-6-16-14-4-2-5-15(14)18(21-19(16)17)12-8-10-13(20)11-9-12/h2-4,6-11,14-15,18,21H,5H2,1H3/t14-,15-,18-/m1/s1. The van der Waals surface area contributed by atoms with Gasteiger partial charge >= 0.3 is 0 Å². The van der Waals surface area contributed by atoms with Crippen LogP contribution in [0.3, 0.4) is 0 Å². The molecule has 3 heteroatoms. The fourth-order valence-electron chi connectivity index (χ4n) is 3.76. The van der Waals surface area contributed by atoms with Gasteiger partial charge in [-0.1, -0.05) is 48.0 Å². The summed E-state index contributed by atoms with van der Waals surface area (Å²) in [5, 5.41) is 4.49. The van der Waals surface area contributed by atoms with Crippen molar-refractivity contribution >= 4 is 17.3 Å². The molecule has 0 spiro atoms. The van der Waals surface area contributed by atoms with E-state index in [0.29, 0.717) is 11.8 Å². The highest BCUT2D eigenvalue weighted by Crippen LogP contribution is 2.52. The molecule has 0 saturated carbocycles. The summed E-state index contributed by atoms with van der Waals surface area (Å²) in [6, 6.07) is 14.7. The van der Waals surface area contributed by atoms with E-state index < -0.39 is 0 Å². The molecule has 2 nitrogen and oxygen atoms in total. The van der Waals surface area contributed by atoms with E-state index in [9.17, 15) is 0 Å². The topological polar surface area (TPSA) is 21.3 Å². The summed E-state index contributed by atoms with van der Waals surface area (Å²) in [5.41, 5.74) is 3.74. The molecule has 1 aliphatic carbocycles. The minimum absolute atomic E-state index is 0.279. The van der Waals surface area contributed by atoms with Gasteiger partial charge in [0.1, 0.15) is 5.75 Å². The van der Waals surface area contributed by atoms with Crippen LogP contribution in [0.15, 0.2) is 54.6 Å². The number of hydrogen-bond donors (Lipinski definition) is 1. The van der Waals surface area contributed by atoms with Crippen LogP contribution in [-0.4, -0.2) is 7.11 Å². The monoisotopic (exact) mass is 311 g/mol. The molecule has 0 radical (unpaired) electrons. The van der Waals surface area contributed by atoms with Crippen LogP contribution in [0.2, 0.25) is 5.02 Å². The van der Waals surface area contributed by atoms with Crippen molar-refractivity contribution in [3.63, 3.8) is 0 Å². The molecule has 1 aliphatic heterocycles. The van der Waals surface area contributed by atoms with Crippen molar-refractivity contribution in [1.82, 2.24) is 0 Å². The SMILES string of the molecule is COc1cccc2c1N[C@H](c1ccc(Cl)cc1)[C@@H]1CC=C[C@@H]21. The van der Waals surface area contributed by atoms with Crippen molar-refractivity contribution in [3.05, 3.63) is 70.8 Å². The van der Waals surface area contributed by atoms with Crippen LogP contribution in [0.1, 0.15) is 29.5 Å². The molecule has 0 fully saturated rings. The van der Waals surface area contributed by atoms with Crippen LogP contribution < -0.4 is 10.1 Å². The number of nitrogens with one attached hydrogen (secondary N) is 1. The zero-order chi connectivity index (χ0) is 15.1. The molecular formula is C19H18ClNO. The molecule has 1 N–H and O–H groups in total. The van der Waals surface area contributed by atoms with Crippen LogP contribution in [0, 0.1) is 5.92 Å². The Kier molecular flexibility index (Phi) is 3.34. The lowest BCUT2D eigenvalue weighted by Gasteiger charge is -2.38. The molecule has 22 heavy (non-hydrogen) atoms. The number of anilines is 1. The summed E-state index contributed by atoms with van der Waals surface area (Å²) in [4.78, 5) is 0. The van der Waals surface area contributed by atoms with Gasteiger partial charge in [0.2, 0.25) is 0 Å². The molecule has 2 aromatic rings. The third-order valence-electron chi connectivity index (χ3n) is 4.81. The second kappa shape index (κ2) is 5.36. The first-order chi connectivity index (χ1) is 10.8. The summed E-state index contributed by atoms with van der Waals surface area (Å²) < 4.78 is 5.56. The fourth-order valence-corrected chi connectivity index (χ4v) is 3.89. The van der Waals surface area contributed by atoms with E-state index in [2.05, 4.69) is 41.7 Å². The summed E-state index contributed by atoms with van der Waals surface area (Å²) in [7, 11) is 1.73. The van der Waals surface area contributed by atoms with Crippen molar-refractivity contribution in [1.29, 1.82) is 0 Å². The Morgan fingerprint density at radius 3 is 2.73 bits per heavy atom. The van der Waals surface area contributed by atoms with Gasteiger partial charge in [-0.05, 0) is 41.7 Å². The number of para-hydroxylation sites is 1. The molecule has 0 bridgehead atoms. The van der Waals surface area contributed by atoms with E-state index in [1.807, 2.05) is 18.2 Å². The molecule has 0 unspecified atom stereocenters. The molecule has 0 aromatic heterocycles. The van der Waals surface area contributed by atoms with Crippen LogP contribution in [0.25, 0.3) is 0 Å². The van der Waals surface area contributed by atoms with Gasteiger partial charge in [0.25, 0.3) is 0 Å². The first kappa shape index (κ1) is 13.7. The van der Waals surface area contributed by atoms with Crippen molar-refractivity contribution in [3.8, 4) is 5.75 Å².